The van der Waals surface area contributed by atoms with Crippen LogP contribution in [0, 0.1) is 6.92 Å². The van der Waals surface area contributed by atoms with Gasteiger partial charge in [-0.3, -0.25) is 0 Å². The smallest absolute Gasteiger partial charge is 0.238 e. The lowest BCUT2D eigenvalue weighted by molar-refractivity contribution is 0.303. The topological polar surface area (TPSA) is 101 Å². The molecule has 0 saturated heterocycles. The Morgan fingerprint density at radius 1 is 1.24 bits per heavy atom. The molecule has 0 heterocycles. The van der Waals surface area contributed by atoms with Gasteiger partial charge in [0.25, 0.3) is 0 Å². The summed E-state index contributed by atoms with van der Waals surface area (Å²) in [6.45, 7) is 9.82. The number of sulfonamides is 1. The van der Waals surface area contributed by atoms with E-state index < -0.39 is 10.0 Å². The van der Waals surface area contributed by atoms with Crippen LogP contribution in [-0.2, 0) is 10.0 Å². The number of nitrogens with one attached hydrogen (secondary N) is 1. The van der Waals surface area contributed by atoms with Crippen LogP contribution in [0.2, 0.25) is 0 Å². The summed E-state index contributed by atoms with van der Waals surface area (Å²) in [6, 6.07) is 3.13. The van der Waals surface area contributed by atoms with E-state index in [0.29, 0.717) is 11.3 Å². The Hall–Kier alpha value is -1.31. The van der Waals surface area contributed by atoms with Gasteiger partial charge >= 0.3 is 0 Å². The van der Waals surface area contributed by atoms with Crippen molar-refractivity contribution in [3.05, 3.63) is 17.7 Å². The zero-order valence-corrected chi connectivity index (χ0v) is 13.8. The number of nitrogens with zero attached hydrogens (tertiary/aromatic N) is 1. The average Bonchev–Trinajstić information content (AvgIpc) is 2.41. The largest absolute Gasteiger partial charge is 0.399 e. The Kier molecular flexibility index (Phi) is 6.44. The quantitative estimate of drug-likeness (QED) is 0.497. The number of rotatable bonds is 8. The van der Waals surface area contributed by atoms with Gasteiger partial charge in [0.15, 0.2) is 0 Å². The molecule has 0 aliphatic rings. The summed E-state index contributed by atoms with van der Waals surface area (Å²) in [6.07, 6.45) is 0.973. The maximum absolute atomic E-state index is 11.5. The lowest BCUT2D eigenvalue weighted by Gasteiger charge is -2.18. The molecular weight excluding hydrogens is 288 g/mol. The third-order valence-corrected chi connectivity index (χ3v) is 4.59. The molecule has 5 N–H and O–H groups in total. The van der Waals surface area contributed by atoms with Crippen LogP contribution in [0.15, 0.2) is 17.0 Å². The van der Waals surface area contributed by atoms with E-state index in [2.05, 4.69) is 24.1 Å². The fourth-order valence-corrected chi connectivity index (χ4v) is 3.09. The second-order valence-electron chi connectivity index (χ2n) is 5.04. The van der Waals surface area contributed by atoms with Crippen molar-refractivity contribution in [3.8, 4) is 0 Å². The van der Waals surface area contributed by atoms with Gasteiger partial charge in [-0.15, -0.1) is 0 Å². The fraction of sp³-hybridized carbons (Fsp3) is 0.571. The monoisotopic (exact) mass is 314 g/mol. The van der Waals surface area contributed by atoms with Crippen LogP contribution in [0.1, 0.15) is 25.8 Å². The lowest BCUT2D eigenvalue weighted by atomic mass is 10.1. The fourth-order valence-electron chi connectivity index (χ4n) is 2.25. The Labute approximate surface area is 127 Å². The second-order valence-corrected chi connectivity index (χ2v) is 6.57. The normalized spacial score (nSPS) is 11.9. The predicted octanol–water partition coefficient (Wildman–Crippen LogP) is 1.37. The maximum atomic E-state index is 11.5. The molecule has 1 rings (SSSR count). The molecule has 1 aromatic carbocycles. The van der Waals surface area contributed by atoms with E-state index in [-0.39, 0.29) is 4.90 Å². The molecule has 0 aromatic heterocycles. The molecule has 21 heavy (non-hydrogen) atoms. The maximum Gasteiger partial charge on any atom is 0.238 e. The molecule has 0 radical (unpaired) electrons. The Morgan fingerprint density at radius 3 is 2.38 bits per heavy atom. The number of benzene rings is 1. The molecule has 6 nitrogen and oxygen atoms in total. The number of primary sulfonamides is 1. The van der Waals surface area contributed by atoms with Gasteiger partial charge < -0.3 is 16.0 Å². The van der Waals surface area contributed by atoms with Gasteiger partial charge in [-0.25, -0.2) is 13.6 Å². The molecule has 0 spiro atoms. The van der Waals surface area contributed by atoms with Crippen molar-refractivity contribution in [2.45, 2.75) is 32.1 Å². The third kappa shape index (κ3) is 5.18. The summed E-state index contributed by atoms with van der Waals surface area (Å²) < 4.78 is 23.1. The molecule has 0 amide bonds. The van der Waals surface area contributed by atoms with Gasteiger partial charge in [-0.05, 0) is 50.7 Å². The van der Waals surface area contributed by atoms with Gasteiger partial charge in [0, 0.05) is 17.9 Å². The minimum Gasteiger partial charge on any atom is -0.399 e. The first-order valence-electron chi connectivity index (χ1n) is 7.18. The van der Waals surface area contributed by atoms with E-state index in [1.54, 1.807) is 13.0 Å². The first-order chi connectivity index (χ1) is 9.79. The van der Waals surface area contributed by atoms with Crippen molar-refractivity contribution in [1.29, 1.82) is 0 Å². The van der Waals surface area contributed by atoms with Crippen LogP contribution < -0.4 is 16.2 Å². The lowest BCUT2D eigenvalue weighted by Crippen LogP contribution is -2.25. The molecule has 7 heteroatoms. The van der Waals surface area contributed by atoms with Crippen molar-refractivity contribution >= 4 is 21.4 Å². The van der Waals surface area contributed by atoms with Crippen molar-refractivity contribution in [2.24, 2.45) is 5.14 Å². The molecule has 0 unspecified atom stereocenters. The summed E-state index contributed by atoms with van der Waals surface area (Å²) in [5.74, 6) is 0. The van der Waals surface area contributed by atoms with Gasteiger partial charge in [0.05, 0.1) is 4.90 Å². The average molecular weight is 314 g/mol. The Balaban J connectivity index is 2.74. The summed E-state index contributed by atoms with van der Waals surface area (Å²) in [4.78, 5) is 2.41. The minimum atomic E-state index is -3.76. The zero-order valence-electron chi connectivity index (χ0n) is 13.0. The number of nitrogen functional groups attached to an aromatic ring is 1. The Bertz CT molecular complexity index is 569. The van der Waals surface area contributed by atoms with Crippen molar-refractivity contribution in [3.63, 3.8) is 0 Å². The molecule has 120 valence electrons. The van der Waals surface area contributed by atoms with E-state index in [0.717, 1.165) is 38.3 Å². The number of anilines is 2. The van der Waals surface area contributed by atoms with Crippen LogP contribution in [0.5, 0.6) is 0 Å². The highest BCUT2D eigenvalue weighted by atomic mass is 32.2. The van der Waals surface area contributed by atoms with E-state index >= 15 is 0 Å². The highest BCUT2D eigenvalue weighted by molar-refractivity contribution is 7.89. The standard InChI is InChI=1S/C14H26N4O2S/c1-4-18(5-2)8-6-7-17-13-9-12(15)10-14(11(13)3)21(16,19)20/h9-10,17H,4-8,15H2,1-3H3,(H2,16,19,20). The Morgan fingerprint density at radius 2 is 1.86 bits per heavy atom. The van der Waals surface area contributed by atoms with E-state index in [9.17, 15) is 8.42 Å². The molecule has 0 bridgehead atoms. The van der Waals surface area contributed by atoms with Gasteiger partial charge in [-0.2, -0.15) is 0 Å². The van der Waals surface area contributed by atoms with E-state index in [1.165, 1.54) is 6.07 Å². The van der Waals surface area contributed by atoms with Crippen molar-refractivity contribution in [1.82, 2.24) is 4.90 Å². The molecule has 1 aromatic rings. The third-order valence-electron chi connectivity index (χ3n) is 3.55. The van der Waals surface area contributed by atoms with Crippen LogP contribution in [0.25, 0.3) is 0 Å². The van der Waals surface area contributed by atoms with E-state index in [4.69, 9.17) is 10.9 Å². The number of hydrogen-bond acceptors (Lipinski definition) is 5. The molecule has 0 aliphatic heterocycles. The summed E-state index contributed by atoms with van der Waals surface area (Å²) in [5, 5.41) is 8.45. The molecule has 0 atom stereocenters. The van der Waals surface area contributed by atoms with Gasteiger partial charge in [-0.1, -0.05) is 13.8 Å². The first kappa shape index (κ1) is 17.7. The summed E-state index contributed by atoms with van der Waals surface area (Å²) in [7, 11) is -3.76. The van der Waals surface area contributed by atoms with Gasteiger partial charge in [0.2, 0.25) is 10.0 Å². The molecule has 0 aliphatic carbocycles. The highest BCUT2D eigenvalue weighted by Gasteiger charge is 2.15. The molecule has 0 fully saturated rings. The highest BCUT2D eigenvalue weighted by Crippen LogP contribution is 2.25. The van der Waals surface area contributed by atoms with Crippen LogP contribution >= 0.6 is 0 Å². The SMILES string of the molecule is CCN(CC)CCCNc1cc(N)cc(S(N)(=O)=O)c1C. The molecular formula is C14H26N4O2S. The summed E-state index contributed by atoms with van der Waals surface area (Å²) >= 11 is 0. The first-order valence-corrected chi connectivity index (χ1v) is 8.73. The number of hydrogen-bond donors (Lipinski definition) is 3. The second kappa shape index (κ2) is 7.63. The van der Waals surface area contributed by atoms with Crippen LogP contribution in [0.3, 0.4) is 0 Å². The van der Waals surface area contributed by atoms with Crippen LogP contribution in [-0.4, -0.2) is 39.5 Å². The minimum absolute atomic E-state index is 0.0775. The number of nitrogens with two attached hydrogens (primary N) is 2. The summed E-state index contributed by atoms with van der Waals surface area (Å²) in [5.41, 5.74) is 7.46. The van der Waals surface area contributed by atoms with E-state index in [1.807, 2.05) is 0 Å². The van der Waals surface area contributed by atoms with Crippen LogP contribution in [0.4, 0.5) is 11.4 Å². The van der Waals surface area contributed by atoms with Gasteiger partial charge in [0.1, 0.15) is 0 Å². The van der Waals surface area contributed by atoms with Crippen molar-refractivity contribution in [2.75, 3.05) is 37.2 Å². The zero-order chi connectivity index (χ0) is 16.0. The predicted molar refractivity (Wildman–Crippen MR) is 87.9 cm³/mol. The molecule has 0 saturated carbocycles. The van der Waals surface area contributed by atoms with Crippen molar-refractivity contribution < 1.29 is 8.42 Å².